The van der Waals surface area contributed by atoms with Gasteiger partial charge in [-0.25, -0.2) is 17.6 Å². The molecule has 0 aliphatic carbocycles. The molecule has 0 aromatic heterocycles. The second-order valence-electron chi connectivity index (χ2n) is 3.00. The summed E-state index contributed by atoms with van der Waals surface area (Å²) in [5.74, 6) is -7.24. The van der Waals surface area contributed by atoms with Gasteiger partial charge < -0.3 is 0 Å². The van der Waals surface area contributed by atoms with E-state index in [1.54, 1.807) is 0 Å². The van der Waals surface area contributed by atoms with Crippen LogP contribution in [0.2, 0.25) is 0 Å². The number of halogens is 10. The number of hydrogen-bond acceptors (Lipinski definition) is 0. The fraction of sp³-hybridized carbons (Fsp3) is 0.250. The van der Waals surface area contributed by atoms with E-state index in [-0.39, 0.29) is 0 Å². The van der Waals surface area contributed by atoms with E-state index in [2.05, 4.69) is 31.9 Å². The molecule has 1 aromatic rings. The van der Waals surface area contributed by atoms with Gasteiger partial charge in [-0.15, -0.1) is 0 Å². The minimum atomic E-state index is -2.35. The third kappa shape index (κ3) is 3.20. The number of hydrogen-bond donors (Lipinski definition) is 0. The molecule has 102 valence electrons. The van der Waals surface area contributed by atoms with Crippen LogP contribution in [0.15, 0.2) is 0 Å². The third-order valence-corrected chi connectivity index (χ3v) is 3.38. The fourth-order valence-corrected chi connectivity index (χ4v) is 2.49. The van der Waals surface area contributed by atoms with Crippen LogP contribution in [-0.4, -0.2) is 0 Å². The van der Waals surface area contributed by atoms with Gasteiger partial charge in [-0.05, 0) is 31.9 Å². The summed E-state index contributed by atoms with van der Waals surface area (Å²) in [6, 6.07) is 0. The van der Waals surface area contributed by atoms with Crippen molar-refractivity contribution in [2.75, 3.05) is 0 Å². The van der Waals surface area contributed by atoms with E-state index >= 15 is 0 Å². The van der Waals surface area contributed by atoms with Gasteiger partial charge in [0.2, 0.25) is 6.49 Å². The van der Waals surface area contributed by atoms with Crippen molar-refractivity contribution in [2.24, 2.45) is 0 Å². The van der Waals surface area contributed by atoms with Gasteiger partial charge in [0.15, 0.2) is 23.3 Å². The first-order chi connectivity index (χ1) is 7.89. The Morgan fingerprint density at radius 2 is 0.778 bits per heavy atom. The largest absolute Gasteiger partial charge is 0.203 e. The Balaban J connectivity index is 3.79. The van der Waals surface area contributed by atoms with Crippen LogP contribution in [0.5, 0.6) is 0 Å². The van der Waals surface area contributed by atoms with Crippen molar-refractivity contribution in [1.29, 1.82) is 0 Å². The lowest BCUT2D eigenvalue weighted by molar-refractivity contribution is 0.430. The molecule has 0 fully saturated rings. The summed E-state index contributed by atoms with van der Waals surface area (Å²) in [6.07, 6.45) is 0. The van der Waals surface area contributed by atoms with E-state index in [0.29, 0.717) is 0 Å². The predicted octanol–water partition coefficient (Wildman–Crippen LogP) is 6.21. The maximum absolute atomic E-state index is 13.6. The Kier molecular flexibility index (Phi) is 5.18. The van der Waals surface area contributed by atoms with E-state index in [1.807, 2.05) is 0 Å². The van der Waals surface area contributed by atoms with Crippen molar-refractivity contribution in [3.05, 3.63) is 34.4 Å². The van der Waals surface area contributed by atoms with Gasteiger partial charge in [0.1, 0.15) is 0 Å². The molecule has 18 heavy (non-hydrogen) atoms. The normalized spacial score (nSPS) is 13.0. The van der Waals surface area contributed by atoms with Crippen LogP contribution in [0.3, 0.4) is 0 Å². The summed E-state index contributed by atoms with van der Waals surface area (Å²) < 4.78 is 49.7. The lowest BCUT2D eigenvalue weighted by Gasteiger charge is -2.20. The van der Waals surface area contributed by atoms with Gasteiger partial charge in [0, 0.05) is 0 Å². The fourth-order valence-electron chi connectivity index (χ4n) is 1.13. The highest BCUT2D eigenvalue weighted by atomic mass is 79.9. The standard InChI is InChI=1S/C8Br2Cl4F4/c9-7(11,12)1-3(15)5(17)2(8(10,13)14)6(18)4(1)16. The minimum Gasteiger partial charge on any atom is -0.203 e. The molecule has 0 saturated carbocycles. The van der Waals surface area contributed by atoms with Crippen LogP contribution in [0.1, 0.15) is 11.1 Å². The molecule has 0 N–H and O–H groups in total. The molecule has 0 unspecified atom stereocenters. The summed E-state index contributed by atoms with van der Waals surface area (Å²) in [6.45, 7) is 0. The van der Waals surface area contributed by atoms with Crippen molar-refractivity contribution in [3.63, 3.8) is 0 Å². The van der Waals surface area contributed by atoms with E-state index in [9.17, 15) is 17.6 Å². The van der Waals surface area contributed by atoms with Crippen LogP contribution in [-0.2, 0) is 6.49 Å². The Morgan fingerprint density at radius 3 is 0.889 bits per heavy atom. The Bertz CT molecular complexity index is 421. The number of rotatable bonds is 2. The van der Waals surface area contributed by atoms with Crippen LogP contribution in [0.4, 0.5) is 17.6 Å². The topological polar surface area (TPSA) is 0 Å². The van der Waals surface area contributed by atoms with Crippen molar-refractivity contribution in [3.8, 4) is 0 Å². The number of benzene rings is 1. The zero-order chi connectivity index (χ0) is 14.5. The highest BCUT2D eigenvalue weighted by molar-refractivity contribution is 9.10. The first kappa shape index (κ1) is 17.1. The van der Waals surface area contributed by atoms with Crippen LogP contribution in [0, 0.1) is 23.3 Å². The molecular weight excluding hydrogens is 474 g/mol. The van der Waals surface area contributed by atoms with Gasteiger partial charge in [-0.1, -0.05) is 46.4 Å². The summed E-state index contributed by atoms with van der Waals surface area (Å²) in [5, 5.41) is 0. The van der Waals surface area contributed by atoms with Gasteiger partial charge in [0.05, 0.1) is 11.1 Å². The summed E-state index contributed by atoms with van der Waals surface area (Å²) in [5.41, 5.74) is -2.48. The third-order valence-electron chi connectivity index (χ3n) is 1.83. The highest BCUT2D eigenvalue weighted by Gasteiger charge is 2.41. The van der Waals surface area contributed by atoms with E-state index < -0.39 is 40.9 Å². The molecule has 0 spiro atoms. The first-order valence-electron chi connectivity index (χ1n) is 3.89. The zero-order valence-electron chi connectivity index (χ0n) is 7.78. The van der Waals surface area contributed by atoms with E-state index in [4.69, 9.17) is 46.4 Å². The Labute approximate surface area is 136 Å². The lowest BCUT2D eigenvalue weighted by atomic mass is 10.1. The van der Waals surface area contributed by atoms with Gasteiger partial charge >= 0.3 is 0 Å². The van der Waals surface area contributed by atoms with Crippen molar-refractivity contribution >= 4 is 78.3 Å². The molecule has 0 atom stereocenters. The highest BCUT2D eigenvalue weighted by Crippen LogP contribution is 2.49. The molecule has 0 heterocycles. The van der Waals surface area contributed by atoms with Gasteiger partial charge in [0.25, 0.3) is 0 Å². The van der Waals surface area contributed by atoms with Crippen LogP contribution < -0.4 is 0 Å². The lowest BCUT2D eigenvalue weighted by Crippen LogP contribution is -2.18. The maximum atomic E-state index is 13.6. The molecule has 1 rings (SSSR count). The molecule has 0 nitrogen and oxygen atoms in total. The molecule has 0 aliphatic rings. The smallest absolute Gasteiger partial charge is 0.202 e. The van der Waals surface area contributed by atoms with E-state index in [0.717, 1.165) is 0 Å². The average Bonchev–Trinajstić information content (AvgIpc) is 2.10. The van der Waals surface area contributed by atoms with E-state index in [1.165, 1.54) is 0 Å². The quantitative estimate of drug-likeness (QED) is 0.272. The van der Waals surface area contributed by atoms with Gasteiger partial charge in [-0.3, -0.25) is 0 Å². The first-order valence-corrected chi connectivity index (χ1v) is 6.99. The summed E-state index contributed by atoms with van der Waals surface area (Å²) in [7, 11) is 0. The van der Waals surface area contributed by atoms with Crippen LogP contribution >= 0.6 is 78.3 Å². The Hall–Kier alpha value is 1.06. The SMILES string of the molecule is Fc1c(F)c(C(Cl)(Cl)Br)c(F)c(F)c1C(Cl)(Cl)Br. The van der Waals surface area contributed by atoms with Crippen LogP contribution in [0.25, 0.3) is 0 Å². The molecule has 1 aromatic carbocycles. The minimum absolute atomic E-state index is 1.24. The molecule has 0 radical (unpaired) electrons. The monoisotopic (exact) mass is 470 g/mol. The second-order valence-corrected chi connectivity index (χ2v) is 9.86. The Morgan fingerprint density at radius 1 is 0.611 bits per heavy atom. The maximum Gasteiger partial charge on any atom is 0.202 e. The average molecular weight is 474 g/mol. The summed E-state index contributed by atoms with van der Waals surface area (Å²) in [4.78, 5) is 0. The van der Waals surface area contributed by atoms with Gasteiger partial charge in [-0.2, -0.15) is 0 Å². The van der Waals surface area contributed by atoms with Crippen molar-refractivity contribution in [2.45, 2.75) is 6.49 Å². The van der Waals surface area contributed by atoms with Crippen molar-refractivity contribution < 1.29 is 17.6 Å². The molecular formula is C8Br2Cl4F4. The molecule has 10 heteroatoms. The number of alkyl halides is 6. The zero-order valence-corrected chi connectivity index (χ0v) is 14.0. The molecule has 0 aliphatic heterocycles. The molecule has 0 bridgehead atoms. The predicted molar refractivity (Wildman–Crippen MR) is 70.9 cm³/mol. The molecule has 0 amide bonds. The molecule has 0 saturated heterocycles. The van der Waals surface area contributed by atoms with Crippen molar-refractivity contribution in [1.82, 2.24) is 0 Å². The second kappa shape index (κ2) is 5.45. The summed E-state index contributed by atoms with van der Waals surface area (Å²) >= 11 is 26.4.